The second kappa shape index (κ2) is 7.29. The van der Waals surface area contributed by atoms with Crippen molar-refractivity contribution in [1.29, 1.82) is 0 Å². The van der Waals surface area contributed by atoms with Crippen molar-refractivity contribution in [3.05, 3.63) is 0 Å². The third kappa shape index (κ3) is 6.35. The van der Waals surface area contributed by atoms with Gasteiger partial charge >= 0.3 is 0 Å². The third-order valence-corrected chi connectivity index (χ3v) is 1.99. The van der Waals surface area contributed by atoms with Gasteiger partial charge in [-0.25, -0.2) is 0 Å². The number of carbonyl (C=O) groups is 1. The number of aliphatic hydroxyl groups is 1. The summed E-state index contributed by atoms with van der Waals surface area (Å²) < 4.78 is 0. The maximum Gasteiger partial charge on any atom is 0.132 e. The Morgan fingerprint density at radius 2 is 2.00 bits per heavy atom. The summed E-state index contributed by atoms with van der Waals surface area (Å²) in [6, 6.07) is 0. The Balaban J connectivity index is 3.24. The predicted octanol–water partition coefficient (Wildman–Crippen LogP) is 2.30. The topological polar surface area (TPSA) is 37.3 Å². The molecule has 2 nitrogen and oxygen atoms in total. The van der Waals surface area contributed by atoms with Crippen molar-refractivity contribution in [2.45, 2.75) is 58.5 Å². The fourth-order valence-corrected chi connectivity index (χ4v) is 1.14. The lowest BCUT2D eigenvalue weighted by atomic mass is 10.1. The van der Waals surface area contributed by atoms with Crippen molar-refractivity contribution >= 4 is 5.78 Å². The second-order valence-corrected chi connectivity index (χ2v) is 3.24. The van der Waals surface area contributed by atoms with E-state index in [4.69, 9.17) is 0 Å². The van der Waals surface area contributed by atoms with Crippen LogP contribution < -0.4 is 0 Å². The van der Waals surface area contributed by atoms with E-state index < -0.39 is 0 Å². The molecule has 0 aromatic rings. The molecule has 0 aromatic carbocycles. The zero-order valence-electron chi connectivity index (χ0n) is 8.18. The monoisotopic (exact) mass is 172 g/mol. The molecule has 0 aliphatic heterocycles. The molecule has 0 fully saturated rings. The van der Waals surface area contributed by atoms with Gasteiger partial charge in [-0.05, 0) is 25.7 Å². The Morgan fingerprint density at radius 3 is 2.50 bits per heavy atom. The van der Waals surface area contributed by atoms with Crippen LogP contribution in [0.1, 0.15) is 52.4 Å². The molecule has 12 heavy (non-hydrogen) atoms. The molecule has 0 amide bonds. The van der Waals surface area contributed by atoms with Gasteiger partial charge in [-0.1, -0.05) is 13.8 Å². The molecule has 72 valence electrons. The Hall–Kier alpha value is -0.370. The molecule has 0 spiro atoms. The molecule has 0 aliphatic carbocycles. The summed E-state index contributed by atoms with van der Waals surface area (Å²) in [6.45, 7) is 3.97. The number of hydrogen-bond donors (Lipinski definition) is 1. The first-order valence-corrected chi connectivity index (χ1v) is 4.90. The highest BCUT2D eigenvalue weighted by molar-refractivity contribution is 5.78. The molecule has 0 aliphatic rings. The van der Waals surface area contributed by atoms with Gasteiger partial charge in [-0.3, -0.25) is 4.79 Å². The molecule has 0 rings (SSSR count). The van der Waals surface area contributed by atoms with Crippen LogP contribution in [-0.4, -0.2) is 17.0 Å². The van der Waals surface area contributed by atoms with Gasteiger partial charge in [0, 0.05) is 12.8 Å². The van der Waals surface area contributed by atoms with E-state index in [0.717, 1.165) is 25.7 Å². The maximum absolute atomic E-state index is 11.0. The Labute approximate surface area is 75.0 Å². The molecule has 2 heteroatoms. The highest BCUT2D eigenvalue weighted by atomic mass is 16.3. The standard InChI is InChI=1S/C10H20O2/c1-3-6-10(12)8-5-7-9(11)4-2/h9,11H,3-8H2,1-2H3. The molecule has 0 radical (unpaired) electrons. The van der Waals surface area contributed by atoms with Crippen LogP contribution in [0.2, 0.25) is 0 Å². The van der Waals surface area contributed by atoms with Crippen LogP contribution >= 0.6 is 0 Å². The van der Waals surface area contributed by atoms with Crippen LogP contribution in [0.25, 0.3) is 0 Å². The van der Waals surface area contributed by atoms with Crippen LogP contribution in [0.15, 0.2) is 0 Å². The lowest BCUT2D eigenvalue weighted by Gasteiger charge is -2.05. The van der Waals surface area contributed by atoms with E-state index in [2.05, 4.69) is 0 Å². The molecule has 0 saturated carbocycles. The third-order valence-electron chi connectivity index (χ3n) is 1.99. The summed E-state index contributed by atoms with van der Waals surface area (Å²) in [4.78, 5) is 11.0. The average Bonchev–Trinajstić information content (AvgIpc) is 2.04. The van der Waals surface area contributed by atoms with Gasteiger partial charge in [0.2, 0.25) is 0 Å². The minimum atomic E-state index is -0.209. The number of rotatable bonds is 7. The molecule has 0 saturated heterocycles. The Morgan fingerprint density at radius 1 is 1.33 bits per heavy atom. The van der Waals surface area contributed by atoms with Crippen LogP contribution in [0.5, 0.6) is 0 Å². The lowest BCUT2D eigenvalue weighted by Crippen LogP contribution is -2.05. The largest absolute Gasteiger partial charge is 0.393 e. The second-order valence-electron chi connectivity index (χ2n) is 3.24. The molecule has 0 heterocycles. The quantitative estimate of drug-likeness (QED) is 0.639. The lowest BCUT2D eigenvalue weighted by molar-refractivity contribution is -0.119. The summed E-state index contributed by atoms with van der Waals surface area (Å²) in [5.74, 6) is 0.334. The van der Waals surface area contributed by atoms with Gasteiger partial charge < -0.3 is 5.11 Å². The van der Waals surface area contributed by atoms with Crippen LogP contribution in [0.3, 0.4) is 0 Å². The van der Waals surface area contributed by atoms with E-state index >= 15 is 0 Å². The van der Waals surface area contributed by atoms with Crippen molar-refractivity contribution < 1.29 is 9.90 Å². The summed E-state index contributed by atoms with van der Waals surface area (Å²) in [6.07, 6.45) is 4.48. The number of aliphatic hydroxyl groups excluding tert-OH is 1. The van der Waals surface area contributed by atoms with E-state index in [1.807, 2.05) is 13.8 Å². The first-order valence-electron chi connectivity index (χ1n) is 4.90. The van der Waals surface area contributed by atoms with Crippen LogP contribution in [0, 0.1) is 0 Å². The highest BCUT2D eigenvalue weighted by Crippen LogP contribution is 2.06. The van der Waals surface area contributed by atoms with Crippen molar-refractivity contribution in [3.63, 3.8) is 0 Å². The summed E-state index contributed by atoms with van der Waals surface area (Å²) in [5.41, 5.74) is 0. The highest BCUT2D eigenvalue weighted by Gasteiger charge is 2.03. The van der Waals surface area contributed by atoms with Crippen molar-refractivity contribution in [1.82, 2.24) is 0 Å². The molecule has 0 aromatic heterocycles. The molecular formula is C10H20O2. The van der Waals surface area contributed by atoms with Crippen LogP contribution in [0.4, 0.5) is 0 Å². The average molecular weight is 172 g/mol. The van der Waals surface area contributed by atoms with E-state index in [-0.39, 0.29) is 6.10 Å². The molecular weight excluding hydrogens is 152 g/mol. The van der Waals surface area contributed by atoms with E-state index in [0.29, 0.717) is 18.6 Å². The molecule has 0 bridgehead atoms. The SMILES string of the molecule is CCCC(=O)CCCC(O)CC. The van der Waals surface area contributed by atoms with Gasteiger partial charge in [-0.2, -0.15) is 0 Å². The summed E-state index contributed by atoms with van der Waals surface area (Å²) >= 11 is 0. The normalized spacial score (nSPS) is 12.9. The first-order chi connectivity index (χ1) is 5.70. The van der Waals surface area contributed by atoms with Gasteiger partial charge in [0.25, 0.3) is 0 Å². The van der Waals surface area contributed by atoms with Gasteiger partial charge in [-0.15, -0.1) is 0 Å². The summed E-state index contributed by atoms with van der Waals surface area (Å²) in [5, 5.41) is 9.19. The van der Waals surface area contributed by atoms with Gasteiger partial charge in [0.1, 0.15) is 5.78 Å². The summed E-state index contributed by atoms with van der Waals surface area (Å²) in [7, 11) is 0. The zero-order chi connectivity index (χ0) is 9.40. The van der Waals surface area contributed by atoms with E-state index in [9.17, 15) is 9.90 Å². The molecule has 1 N–H and O–H groups in total. The number of Topliss-reactive ketones (excluding diaryl/α,β-unsaturated/α-hetero) is 1. The zero-order valence-corrected chi connectivity index (χ0v) is 8.18. The van der Waals surface area contributed by atoms with Crippen molar-refractivity contribution in [3.8, 4) is 0 Å². The van der Waals surface area contributed by atoms with Crippen molar-refractivity contribution in [2.24, 2.45) is 0 Å². The predicted molar refractivity (Wildman–Crippen MR) is 50.1 cm³/mol. The van der Waals surface area contributed by atoms with Gasteiger partial charge in [0.05, 0.1) is 6.10 Å². The van der Waals surface area contributed by atoms with Crippen LogP contribution in [-0.2, 0) is 4.79 Å². The number of hydrogen-bond acceptors (Lipinski definition) is 2. The fourth-order valence-electron chi connectivity index (χ4n) is 1.14. The minimum absolute atomic E-state index is 0.209. The Kier molecular flexibility index (Phi) is 7.06. The van der Waals surface area contributed by atoms with E-state index in [1.54, 1.807) is 0 Å². The van der Waals surface area contributed by atoms with E-state index in [1.165, 1.54) is 0 Å². The fraction of sp³-hybridized carbons (Fsp3) is 0.900. The number of carbonyl (C=O) groups excluding carboxylic acids is 1. The molecule has 1 unspecified atom stereocenters. The molecule has 1 atom stereocenters. The van der Waals surface area contributed by atoms with Crippen molar-refractivity contribution in [2.75, 3.05) is 0 Å². The smallest absolute Gasteiger partial charge is 0.132 e. The Bertz CT molecular complexity index is 121. The van der Waals surface area contributed by atoms with Gasteiger partial charge in [0.15, 0.2) is 0 Å². The first kappa shape index (κ1) is 11.6. The number of ketones is 1. The minimum Gasteiger partial charge on any atom is -0.393 e. The maximum atomic E-state index is 11.0.